The van der Waals surface area contributed by atoms with Gasteiger partial charge in [-0.1, -0.05) is 6.07 Å². The van der Waals surface area contributed by atoms with Crippen molar-refractivity contribution in [2.75, 3.05) is 25.2 Å². The maximum Gasteiger partial charge on any atom is 0.0510 e. The summed E-state index contributed by atoms with van der Waals surface area (Å²) in [6, 6.07) is 6.91. The van der Waals surface area contributed by atoms with Crippen molar-refractivity contribution in [1.82, 2.24) is 0 Å². The molecule has 2 N–H and O–H groups in total. The minimum atomic E-state index is 0.573. The summed E-state index contributed by atoms with van der Waals surface area (Å²) in [6.45, 7) is 2.32. The first kappa shape index (κ1) is 12.9. The standard InChI is InChI=1S/C13H19BrN2O/c1-16(11-4-6-17-7-5-11)13-3-2-10(9-15)8-12(13)14/h2-3,8,11H,4-7,9,15H2,1H3. The molecule has 0 bridgehead atoms. The Morgan fingerprint density at radius 3 is 2.71 bits per heavy atom. The fraction of sp³-hybridized carbons (Fsp3) is 0.538. The first-order valence-electron chi connectivity index (χ1n) is 6.01. The van der Waals surface area contributed by atoms with Crippen molar-refractivity contribution < 1.29 is 4.74 Å². The predicted molar refractivity (Wildman–Crippen MR) is 74.3 cm³/mol. The van der Waals surface area contributed by atoms with Crippen LogP contribution in [0.1, 0.15) is 18.4 Å². The average Bonchev–Trinajstić information content (AvgIpc) is 2.39. The molecule has 0 amide bonds. The topological polar surface area (TPSA) is 38.5 Å². The van der Waals surface area contributed by atoms with Crippen LogP contribution in [0.25, 0.3) is 0 Å². The largest absolute Gasteiger partial charge is 0.381 e. The van der Waals surface area contributed by atoms with E-state index in [1.807, 2.05) is 0 Å². The van der Waals surface area contributed by atoms with Crippen molar-refractivity contribution in [2.24, 2.45) is 5.73 Å². The lowest BCUT2D eigenvalue weighted by Crippen LogP contribution is -2.36. The molecule has 0 aliphatic carbocycles. The van der Waals surface area contributed by atoms with Crippen LogP contribution in [0.3, 0.4) is 0 Å². The lowest BCUT2D eigenvalue weighted by Gasteiger charge is -2.33. The summed E-state index contributed by atoms with van der Waals surface area (Å²) in [5, 5.41) is 0. The SMILES string of the molecule is CN(c1ccc(CN)cc1Br)C1CCOCC1. The minimum absolute atomic E-state index is 0.573. The lowest BCUT2D eigenvalue weighted by atomic mass is 10.1. The number of nitrogens with two attached hydrogens (primary N) is 1. The first-order valence-corrected chi connectivity index (χ1v) is 6.80. The molecule has 0 saturated carbocycles. The van der Waals surface area contributed by atoms with Crippen LogP contribution in [0.4, 0.5) is 5.69 Å². The van der Waals surface area contributed by atoms with Crippen LogP contribution >= 0.6 is 15.9 Å². The molecule has 1 aliphatic rings. The van der Waals surface area contributed by atoms with Gasteiger partial charge in [-0.3, -0.25) is 0 Å². The summed E-state index contributed by atoms with van der Waals surface area (Å²) in [7, 11) is 2.15. The Morgan fingerprint density at radius 2 is 2.12 bits per heavy atom. The van der Waals surface area contributed by atoms with Crippen LogP contribution in [0.5, 0.6) is 0 Å². The predicted octanol–water partition coefficient (Wildman–Crippen LogP) is 2.52. The second-order valence-electron chi connectivity index (χ2n) is 4.44. The summed E-state index contributed by atoms with van der Waals surface area (Å²) in [5.41, 5.74) is 8.02. The molecule has 0 radical (unpaired) electrons. The van der Waals surface area contributed by atoms with Gasteiger partial charge in [0.05, 0.1) is 5.69 Å². The number of hydrogen-bond donors (Lipinski definition) is 1. The molecule has 0 spiro atoms. The quantitative estimate of drug-likeness (QED) is 0.932. The molecule has 3 nitrogen and oxygen atoms in total. The number of halogens is 1. The van der Waals surface area contributed by atoms with E-state index in [1.165, 1.54) is 5.69 Å². The molecule has 4 heteroatoms. The third-order valence-corrected chi connectivity index (χ3v) is 4.00. The molecule has 1 saturated heterocycles. The molecule has 2 rings (SSSR count). The maximum absolute atomic E-state index is 5.64. The fourth-order valence-electron chi connectivity index (χ4n) is 2.23. The van der Waals surface area contributed by atoms with Crippen LogP contribution in [0.2, 0.25) is 0 Å². The first-order chi connectivity index (χ1) is 8.22. The summed E-state index contributed by atoms with van der Waals surface area (Å²) in [5.74, 6) is 0. The molecular formula is C13H19BrN2O. The van der Waals surface area contributed by atoms with Crippen LogP contribution in [-0.2, 0) is 11.3 Å². The van der Waals surface area contributed by atoms with E-state index in [1.54, 1.807) is 0 Å². The summed E-state index contributed by atoms with van der Waals surface area (Å²) in [6.07, 6.45) is 2.20. The van der Waals surface area contributed by atoms with Gasteiger partial charge in [-0.25, -0.2) is 0 Å². The van der Waals surface area contributed by atoms with Crippen LogP contribution in [-0.4, -0.2) is 26.3 Å². The molecule has 17 heavy (non-hydrogen) atoms. The van der Waals surface area contributed by atoms with Crippen molar-refractivity contribution in [3.8, 4) is 0 Å². The van der Waals surface area contributed by atoms with Gasteiger partial charge in [0.15, 0.2) is 0 Å². The van der Waals surface area contributed by atoms with Crippen molar-refractivity contribution in [1.29, 1.82) is 0 Å². The van der Waals surface area contributed by atoms with E-state index in [9.17, 15) is 0 Å². The van der Waals surface area contributed by atoms with E-state index in [-0.39, 0.29) is 0 Å². The maximum atomic E-state index is 5.64. The van der Waals surface area contributed by atoms with E-state index in [4.69, 9.17) is 10.5 Å². The second-order valence-corrected chi connectivity index (χ2v) is 5.30. The molecule has 0 unspecified atom stereocenters. The molecule has 0 atom stereocenters. The Labute approximate surface area is 111 Å². The van der Waals surface area contributed by atoms with Crippen LogP contribution in [0, 0.1) is 0 Å². The summed E-state index contributed by atoms with van der Waals surface area (Å²) < 4.78 is 6.52. The Bertz CT molecular complexity index is 378. The molecule has 1 heterocycles. The van der Waals surface area contributed by atoms with E-state index in [2.05, 4.69) is 46.1 Å². The number of anilines is 1. The van der Waals surface area contributed by atoms with Crippen molar-refractivity contribution in [3.05, 3.63) is 28.2 Å². The zero-order valence-corrected chi connectivity index (χ0v) is 11.7. The van der Waals surface area contributed by atoms with E-state index in [0.29, 0.717) is 12.6 Å². The Kier molecular flexibility index (Phi) is 4.42. The van der Waals surface area contributed by atoms with E-state index >= 15 is 0 Å². The van der Waals surface area contributed by atoms with Gasteiger partial charge in [-0.2, -0.15) is 0 Å². The minimum Gasteiger partial charge on any atom is -0.381 e. The molecule has 94 valence electrons. The highest BCUT2D eigenvalue weighted by Gasteiger charge is 2.20. The lowest BCUT2D eigenvalue weighted by molar-refractivity contribution is 0.0854. The van der Waals surface area contributed by atoms with Crippen molar-refractivity contribution >= 4 is 21.6 Å². The van der Waals surface area contributed by atoms with E-state index in [0.717, 1.165) is 36.1 Å². The normalized spacial score (nSPS) is 17.1. The number of hydrogen-bond acceptors (Lipinski definition) is 3. The molecular weight excluding hydrogens is 280 g/mol. The van der Waals surface area contributed by atoms with Crippen molar-refractivity contribution in [2.45, 2.75) is 25.4 Å². The highest BCUT2D eigenvalue weighted by atomic mass is 79.9. The van der Waals surface area contributed by atoms with Gasteiger partial charge in [0.25, 0.3) is 0 Å². The van der Waals surface area contributed by atoms with Gasteiger partial charge >= 0.3 is 0 Å². The van der Waals surface area contributed by atoms with Crippen LogP contribution in [0.15, 0.2) is 22.7 Å². The highest BCUT2D eigenvalue weighted by molar-refractivity contribution is 9.10. The third-order valence-electron chi connectivity index (χ3n) is 3.37. The molecule has 1 aromatic rings. The zero-order chi connectivity index (χ0) is 12.3. The van der Waals surface area contributed by atoms with Gasteiger partial charge in [0.1, 0.15) is 0 Å². The van der Waals surface area contributed by atoms with Crippen molar-refractivity contribution in [3.63, 3.8) is 0 Å². The molecule has 0 aromatic heterocycles. The Hall–Kier alpha value is -0.580. The average molecular weight is 299 g/mol. The summed E-state index contributed by atoms with van der Waals surface area (Å²) >= 11 is 3.63. The number of nitrogens with zero attached hydrogens (tertiary/aromatic N) is 1. The molecule has 1 aliphatic heterocycles. The number of rotatable bonds is 3. The van der Waals surface area contributed by atoms with Gasteiger partial charge in [-0.15, -0.1) is 0 Å². The molecule has 1 aromatic carbocycles. The van der Waals surface area contributed by atoms with Gasteiger partial charge < -0.3 is 15.4 Å². The Morgan fingerprint density at radius 1 is 1.41 bits per heavy atom. The molecule has 1 fully saturated rings. The third kappa shape index (κ3) is 3.00. The summed E-state index contributed by atoms with van der Waals surface area (Å²) in [4.78, 5) is 2.34. The number of benzene rings is 1. The van der Waals surface area contributed by atoms with E-state index < -0.39 is 0 Å². The second kappa shape index (κ2) is 5.85. The van der Waals surface area contributed by atoms with Gasteiger partial charge in [0, 0.05) is 37.3 Å². The Balaban J connectivity index is 2.15. The number of ether oxygens (including phenoxy) is 1. The fourth-order valence-corrected chi connectivity index (χ4v) is 2.94. The van der Waals surface area contributed by atoms with Gasteiger partial charge in [0.2, 0.25) is 0 Å². The zero-order valence-electron chi connectivity index (χ0n) is 10.2. The van der Waals surface area contributed by atoms with Crippen LogP contribution < -0.4 is 10.6 Å². The van der Waals surface area contributed by atoms with Gasteiger partial charge in [-0.05, 0) is 46.5 Å². The highest BCUT2D eigenvalue weighted by Crippen LogP contribution is 2.29. The monoisotopic (exact) mass is 298 g/mol. The smallest absolute Gasteiger partial charge is 0.0510 e.